The van der Waals surface area contributed by atoms with Crippen LogP contribution in [0.2, 0.25) is 0 Å². The van der Waals surface area contributed by atoms with Crippen LogP contribution in [0.25, 0.3) is 0 Å². The standard InChI is InChI=1S/C11H20N/c1-2-3-8-12-11(9-4-5-9)10-6-7-10/h8-12H,2-7H2,1H3. The molecule has 0 unspecified atom stereocenters. The first-order valence-electron chi connectivity index (χ1n) is 5.49. The maximum absolute atomic E-state index is 3.62. The topological polar surface area (TPSA) is 12.0 Å². The highest BCUT2D eigenvalue weighted by molar-refractivity contribution is 4.97. The van der Waals surface area contributed by atoms with Gasteiger partial charge in [-0.05, 0) is 43.9 Å². The van der Waals surface area contributed by atoms with Gasteiger partial charge in [0.25, 0.3) is 0 Å². The van der Waals surface area contributed by atoms with E-state index in [4.69, 9.17) is 0 Å². The van der Waals surface area contributed by atoms with E-state index in [1.807, 2.05) is 0 Å². The molecule has 0 atom stereocenters. The Kier molecular flexibility index (Phi) is 2.69. The minimum Gasteiger partial charge on any atom is -0.309 e. The number of unbranched alkanes of at least 4 members (excludes halogenated alkanes) is 1. The molecular weight excluding hydrogens is 146 g/mol. The second-order valence-electron chi connectivity index (χ2n) is 4.36. The van der Waals surface area contributed by atoms with Crippen LogP contribution in [0.3, 0.4) is 0 Å². The van der Waals surface area contributed by atoms with Crippen LogP contribution < -0.4 is 5.32 Å². The summed E-state index contributed by atoms with van der Waals surface area (Å²) in [7, 11) is 0. The highest BCUT2D eigenvalue weighted by Gasteiger charge is 2.40. The highest BCUT2D eigenvalue weighted by Crippen LogP contribution is 2.44. The van der Waals surface area contributed by atoms with Crippen LogP contribution in [0.1, 0.15) is 45.4 Å². The van der Waals surface area contributed by atoms with Crippen molar-refractivity contribution in [2.24, 2.45) is 11.8 Å². The monoisotopic (exact) mass is 166 g/mol. The Morgan fingerprint density at radius 3 is 2.25 bits per heavy atom. The first-order chi connectivity index (χ1) is 5.92. The molecule has 1 nitrogen and oxygen atoms in total. The predicted molar refractivity (Wildman–Crippen MR) is 51.6 cm³/mol. The Morgan fingerprint density at radius 2 is 1.83 bits per heavy atom. The van der Waals surface area contributed by atoms with E-state index >= 15 is 0 Å². The SMILES string of the molecule is CCC[CH]NC(C1CC1)C1CC1. The largest absolute Gasteiger partial charge is 0.309 e. The molecule has 0 aliphatic heterocycles. The van der Waals surface area contributed by atoms with Crippen LogP contribution in [0.15, 0.2) is 0 Å². The molecular formula is C11H20N. The minimum absolute atomic E-state index is 0.858. The molecule has 69 valence electrons. The zero-order valence-electron chi connectivity index (χ0n) is 8.05. The Balaban J connectivity index is 1.66. The summed E-state index contributed by atoms with van der Waals surface area (Å²) in [6, 6.07) is 0.858. The van der Waals surface area contributed by atoms with E-state index in [0.717, 1.165) is 17.9 Å². The van der Waals surface area contributed by atoms with Gasteiger partial charge in [-0.15, -0.1) is 0 Å². The lowest BCUT2D eigenvalue weighted by atomic mass is 10.1. The lowest BCUT2D eigenvalue weighted by Gasteiger charge is -2.16. The van der Waals surface area contributed by atoms with Crippen LogP contribution in [0.5, 0.6) is 0 Å². The Labute approximate surface area is 75.9 Å². The zero-order chi connectivity index (χ0) is 8.39. The van der Waals surface area contributed by atoms with Gasteiger partial charge in [0.15, 0.2) is 0 Å². The minimum atomic E-state index is 0.858. The van der Waals surface area contributed by atoms with Gasteiger partial charge >= 0.3 is 0 Å². The van der Waals surface area contributed by atoms with Crippen molar-refractivity contribution in [2.45, 2.75) is 51.5 Å². The van der Waals surface area contributed by atoms with E-state index < -0.39 is 0 Å². The molecule has 0 amide bonds. The average molecular weight is 166 g/mol. The van der Waals surface area contributed by atoms with Gasteiger partial charge in [-0.25, -0.2) is 0 Å². The van der Waals surface area contributed by atoms with Crippen molar-refractivity contribution in [1.29, 1.82) is 0 Å². The van der Waals surface area contributed by atoms with Gasteiger partial charge in [0.2, 0.25) is 0 Å². The second kappa shape index (κ2) is 3.78. The van der Waals surface area contributed by atoms with Gasteiger partial charge in [-0.2, -0.15) is 0 Å². The molecule has 2 aliphatic carbocycles. The van der Waals surface area contributed by atoms with Gasteiger partial charge in [0.05, 0.1) is 0 Å². The molecule has 1 heteroatoms. The van der Waals surface area contributed by atoms with Crippen LogP contribution in [-0.2, 0) is 0 Å². The molecule has 1 N–H and O–H groups in total. The van der Waals surface area contributed by atoms with E-state index in [-0.39, 0.29) is 0 Å². The summed E-state index contributed by atoms with van der Waals surface area (Å²) in [6.07, 6.45) is 8.43. The van der Waals surface area contributed by atoms with Gasteiger partial charge in [0.1, 0.15) is 0 Å². The van der Waals surface area contributed by atoms with Crippen LogP contribution >= 0.6 is 0 Å². The second-order valence-corrected chi connectivity index (χ2v) is 4.36. The first kappa shape index (κ1) is 8.55. The summed E-state index contributed by atoms with van der Waals surface area (Å²) in [5, 5.41) is 3.62. The molecule has 2 fully saturated rings. The summed E-state index contributed by atoms with van der Waals surface area (Å²) in [5.41, 5.74) is 0. The van der Waals surface area contributed by atoms with Gasteiger partial charge in [-0.3, -0.25) is 0 Å². The average Bonchev–Trinajstić information content (AvgIpc) is 2.87. The highest BCUT2D eigenvalue weighted by atomic mass is 14.9. The van der Waals surface area contributed by atoms with Crippen molar-refractivity contribution in [3.05, 3.63) is 6.54 Å². The van der Waals surface area contributed by atoms with Crippen molar-refractivity contribution in [3.63, 3.8) is 0 Å². The maximum Gasteiger partial charge on any atom is 0.0224 e. The van der Waals surface area contributed by atoms with Crippen molar-refractivity contribution >= 4 is 0 Å². The summed E-state index contributed by atoms with van der Waals surface area (Å²) >= 11 is 0. The lowest BCUT2D eigenvalue weighted by Crippen LogP contribution is -2.30. The van der Waals surface area contributed by atoms with Gasteiger partial charge in [-0.1, -0.05) is 13.3 Å². The fourth-order valence-electron chi connectivity index (χ4n) is 1.93. The first-order valence-corrected chi connectivity index (χ1v) is 5.49. The van der Waals surface area contributed by atoms with Crippen LogP contribution in [0.4, 0.5) is 0 Å². The zero-order valence-corrected chi connectivity index (χ0v) is 8.05. The van der Waals surface area contributed by atoms with Gasteiger partial charge < -0.3 is 5.32 Å². The summed E-state index contributed by atoms with van der Waals surface area (Å²) in [4.78, 5) is 0. The van der Waals surface area contributed by atoms with E-state index in [2.05, 4.69) is 18.8 Å². The molecule has 0 heterocycles. The van der Waals surface area contributed by atoms with Crippen molar-refractivity contribution < 1.29 is 0 Å². The molecule has 0 aromatic rings. The normalized spacial score (nSPS) is 23.5. The number of nitrogens with one attached hydrogen (secondary N) is 1. The Bertz CT molecular complexity index is 124. The predicted octanol–water partition coefficient (Wildman–Crippen LogP) is 2.73. The summed E-state index contributed by atoms with van der Waals surface area (Å²) in [6.45, 7) is 4.53. The molecule has 0 spiro atoms. The molecule has 0 aromatic carbocycles. The number of hydrogen-bond acceptors (Lipinski definition) is 1. The van der Waals surface area contributed by atoms with Crippen LogP contribution in [0, 0.1) is 18.4 Å². The third-order valence-electron chi connectivity index (χ3n) is 3.00. The Hall–Kier alpha value is -0.0400. The summed E-state index contributed by atoms with van der Waals surface area (Å²) < 4.78 is 0. The molecule has 2 rings (SSSR count). The van der Waals surface area contributed by atoms with Gasteiger partial charge in [0, 0.05) is 12.6 Å². The quantitative estimate of drug-likeness (QED) is 0.598. The molecule has 2 aliphatic rings. The molecule has 0 bridgehead atoms. The van der Waals surface area contributed by atoms with E-state index in [1.165, 1.54) is 38.5 Å². The van der Waals surface area contributed by atoms with Crippen molar-refractivity contribution in [3.8, 4) is 0 Å². The third kappa shape index (κ3) is 2.22. The molecule has 2 saturated carbocycles. The maximum atomic E-state index is 3.62. The molecule has 0 saturated heterocycles. The molecule has 1 radical (unpaired) electrons. The smallest absolute Gasteiger partial charge is 0.0224 e. The molecule has 0 aromatic heterocycles. The fourth-order valence-corrected chi connectivity index (χ4v) is 1.93. The van der Waals surface area contributed by atoms with E-state index in [9.17, 15) is 0 Å². The Morgan fingerprint density at radius 1 is 1.25 bits per heavy atom. The third-order valence-corrected chi connectivity index (χ3v) is 3.00. The lowest BCUT2D eigenvalue weighted by molar-refractivity contribution is 0.442. The van der Waals surface area contributed by atoms with Crippen molar-refractivity contribution in [1.82, 2.24) is 5.32 Å². The molecule has 12 heavy (non-hydrogen) atoms. The van der Waals surface area contributed by atoms with E-state index in [1.54, 1.807) is 0 Å². The number of rotatable bonds is 6. The fraction of sp³-hybridized carbons (Fsp3) is 0.909. The van der Waals surface area contributed by atoms with Crippen molar-refractivity contribution in [2.75, 3.05) is 0 Å². The van der Waals surface area contributed by atoms with Crippen LogP contribution in [-0.4, -0.2) is 6.04 Å². The number of hydrogen-bond donors (Lipinski definition) is 1. The van der Waals surface area contributed by atoms with E-state index in [0.29, 0.717) is 0 Å². The summed E-state index contributed by atoms with van der Waals surface area (Å²) in [5.74, 6) is 2.07.